The standard InChI is InChI=1S/C24H24N2O3S/c1-28-22-13-6-5-12-21(22)25-24(27)26-14-15-30-23(26)19-10-7-11-20(16-19)29-17-18-8-3-2-4-9-18/h2-13,16,23H,14-15,17H2,1H3,(H,25,27)/t23-/m1/s1. The molecule has 0 aliphatic carbocycles. The molecule has 2 amide bonds. The molecule has 0 spiro atoms. The van der Waals surface area contributed by atoms with Crippen molar-refractivity contribution in [1.82, 2.24) is 4.90 Å². The minimum atomic E-state index is -0.134. The molecule has 5 nitrogen and oxygen atoms in total. The Morgan fingerprint density at radius 1 is 1.07 bits per heavy atom. The van der Waals surface area contributed by atoms with Gasteiger partial charge in [-0.05, 0) is 35.4 Å². The number of thioether (sulfide) groups is 1. The summed E-state index contributed by atoms with van der Waals surface area (Å²) < 4.78 is 11.3. The Bertz CT molecular complexity index is 997. The Morgan fingerprint density at radius 2 is 1.87 bits per heavy atom. The van der Waals surface area contributed by atoms with Crippen LogP contribution in [-0.4, -0.2) is 30.3 Å². The maximum Gasteiger partial charge on any atom is 0.323 e. The molecule has 1 atom stereocenters. The van der Waals surface area contributed by atoms with E-state index >= 15 is 0 Å². The second kappa shape index (κ2) is 9.59. The molecule has 0 radical (unpaired) electrons. The normalized spacial score (nSPS) is 15.6. The van der Waals surface area contributed by atoms with E-state index in [1.165, 1.54) is 0 Å². The first-order valence-electron chi connectivity index (χ1n) is 9.83. The number of nitrogens with one attached hydrogen (secondary N) is 1. The third-order valence-corrected chi connectivity index (χ3v) is 6.15. The molecular weight excluding hydrogens is 396 g/mol. The fourth-order valence-corrected chi connectivity index (χ4v) is 4.63. The number of methoxy groups -OCH3 is 1. The highest BCUT2D eigenvalue weighted by Crippen LogP contribution is 2.39. The Kier molecular flexibility index (Phi) is 6.44. The summed E-state index contributed by atoms with van der Waals surface area (Å²) in [6.45, 7) is 1.20. The van der Waals surface area contributed by atoms with Crippen molar-refractivity contribution < 1.29 is 14.3 Å². The minimum Gasteiger partial charge on any atom is -0.495 e. The van der Waals surface area contributed by atoms with Gasteiger partial charge in [-0.15, -0.1) is 11.8 Å². The van der Waals surface area contributed by atoms with Crippen LogP contribution >= 0.6 is 11.8 Å². The highest BCUT2D eigenvalue weighted by Gasteiger charge is 2.31. The van der Waals surface area contributed by atoms with Crippen LogP contribution in [0.1, 0.15) is 16.5 Å². The van der Waals surface area contributed by atoms with E-state index in [1.54, 1.807) is 18.9 Å². The number of nitrogens with zero attached hydrogens (tertiary/aromatic N) is 1. The van der Waals surface area contributed by atoms with E-state index < -0.39 is 0 Å². The van der Waals surface area contributed by atoms with Gasteiger partial charge in [0.25, 0.3) is 0 Å². The zero-order valence-electron chi connectivity index (χ0n) is 16.8. The second-order valence-corrected chi connectivity index (χ2v) is 8.08. The van der Waals surface area contributed by atoms with Gasteiger partial charge in [0, 0.05) is 12.3 Å². The van der Waals surface area contributed by atoms with Gasteiger partial charge < -0.3 is 19.7 Å². The van der Waals surface area contributed by atoms with Gasteiger partial charge in [0.2, 0.25) is 0 Å². The molecule has 0 saturated carbocycles. The molecule has 6 heteroatoms. The molecule has 154 valence electrons. The number of para-hydroxylation sites is 2. The number of hydrogen-bond donors (Lipinski definition) is 1. The van der Waals surface area contributed by atoms with Crippen LogP contribution in [-0.2, 0) is 6.61 Å². The first kappa shape index (κ1) is 20.2. The van der Waals surface area contributed by atoms with Crippen molar-refractivity contribution in [1.29, 1.82) is 0 Å². The van der Waals surface area contributed by atoms with Crippen molar-refractivity contribution in [2.75, 3.05) is 24.7 Å². The van der Waals surface area contributed by atoms with Crippen molar-refractivity contribution in [3.05, 3.63) is 90.0 Å². The number of ether oxygens (including phenoxy) is 2. The molecule has 3 aromatic rings. The maximum atomic E-state index is 13.0. The lowest BCUT2D eigenvalue weighted by molar-refractivity contribution is 0.214. The summed E-state index contributed by atoms with van der Waals surface area (Å²) in [6, 6.07) is 25.4. The fraction of sp³-hybridized carbons (Fsp3) is 0.208. The third kappa shape index (κ3) is 4.71. The summed E-state index contributed by atoms with van der Waals surface area (Å²) in [4.78, 5) is 14.8. The van der Waals surface area contributed by atoms with Crippen LogP contribution < -0.4 is 14.8 Å². The first-order valence-corrected chi connectivity index (χ1v) is 10.9. The van der Waals surface area contributed by atoms with Crippen molar-refractivity contribution in [2.24, 2.45) is 0 Å². The van der Waals surface area contributed by atoms with Crippen molar-refractivity contribution in [3.63, 3.8) is 0 Å². The molecule has 1 fully saturated rings. The summed E-state index contributed by atoms with van der Waals surface area (Å²) in [6.07, 6.45) is 0. The molecule has 4 rings (SSSR count). The van der Waals surface area contributed by atoms with Crippen LogP contribution in [0.2, 0.25) is 0 Å². The van der Waals surface area contributed by atoms with Crippen molar-refractivity contribution in [3.8, 4) is 11.5 Å². The molecule has 3 aromatic carbocycles. The van der Waals surface area contributed by atoms with Gasteiger partial charge in [0.1, 0.15) is 23.5 Å². The second-order valence-electron chi connectivity index (χ2n) is 6.89. The van der Waals surface area contributed by atoms with Gasteiger partial charge in [-0.2, -0.15) is 0 Å². The number of benzene rings is 3. The average molecular weight is 421 g/mol. The SMILES string of the molecule is COc1ccccc1NC(=O)N1CCS[C@@H]1c1cccc(OCc2ccccc2)c1. The van der Waals surface area contributed by atoms with E-state index in [0.29, 0.717) is 24.6 Å². The Balaban J connectivity index is 1.45. The molecule has 1 saturated heterocycles. The monoisotopic (exact) mass is 420 g/mol. The lowest BCUT2D eigenvalue weighted by Crippen LogP contribution is -2.34. The number of urea groups is 1. The maximum absolute atomic E-state index is 13.0. The average Bonchev–Trinajstić information content (AvgIpc) is 3.29. The smallest absolute Gasteiger partial charge is 0.323 e. The van der Waals surface area contributed by atoms with E-state index in [4.69, 9.17) is 9.47 Å². The van der Waals surface area contributed by atoms with Crippen LogP contribution in [0.3, 0.4) is 0 Å². The molecule has 1 aliphatic heterocycles. The van der Waals surface area contributed by atoms with Crippen molar-refractivity contribution in [2.45, 2.75) is 12.0 Å². The summed E-state index contributed by atoms with van der Waals surface area (Å²) in [5, 5.41) is 2.93. The summed E-state index contributed by atoms with van der Waals surface area (Å²) in [7, 11) is 1.60. The Labute approximate surface area is 181 Å². The predicted octanol–water partition coefficient (Wildman–Crippen LogP) is 5.55. The molecule has 0 bridgehead atoms. The lowest BCUT2D eigenvalue weighted by atomic mass is 10.2. The zero-order chi connectivity index (χ0) is 20.8. The van der Waals surface area contributed by atoms with E-state index in [2.05, 4.69) is 5.32 Å². The fourth-order valence-electron chi connectivity index (χ4n) is 3.39. The molecule has 1 aliphatic rings. The highest BCUT2D eigenvalue weighted by molar-refractivity contribution is 7.99. The summed E-state index contributed by atoms with van der Waals surface area (Å²) in [5.74, 6) is 2.33. The van der Waals surface area contributed by atoms with Crippen molar-refractivity contribution >= 4 is 23.5 Å². The topological polar surface area (TPSA) is 50.8 Å². The first-order chi connectivity index (χ1) is 14.7. The molecule has 0 unspecified atom stereocenters. The van der Waals surface area contributed by atoms with E-state index in [0.717, 1.165) is 22.6 Å². The summed E-state index contributed by atoms with van der Waals surface area (Å²) in [5.41, 5.74) is 2.84. The zero-order valence-corrected chi connectivity index (χ0v) is 17.6. The molecule has 0 aromatic heterocycles. The number of carbonyl (C=O) groups is 1. The van der Waals surface area contributed by atoms with Crippen LogP contribution in [0.4, 0.5) is 10.5 Å². The Hall–Kier alpha value is -3.12. The van der Waals surface area contributed by atoms with Gasteiger partial charge in [-0.3, -0.25) is 0 Å². The van der Waals surface area contributed by atoms with Crippen LogP contribution in [0.5, 0.6) is 11.5 Å². The predicted molar refractivity (Wildman–Crippen MR) is 121 cm³/mol. The molecule has 1 N–H and O–H groups in total. The minimum absolute atomic E-state index is 0.0556. The molecule has 30 heavy (non-hydrogen) atoms. The quantitative estimate of drug-likeness (QED) is 0.568. The van der Waals surface area contributed by atoms with Crippen LogP contribution in [0.25, 0.3) is 0 Å². The molecule has 1 heterocycles. The van der Waals surface area contributed by atoms with Crippen LogP contribution in [0.15, 0.2) is 78.9 Å². The van der Waals surface area contributed by atoms with Gasteiger partial charge in [-0.25, -0.2) is 4.79 Å². The molecular formula is C24H24N2O3S. The van der Waals surface area contributed by atoms with E-state index in [9.17, 15) is 4.79 Å². The third-order valence-electron chi connectivity index (χ3n) is 4.89. The number of anilines is 1. The highest BCUT2D eigenvalue weighted by atomic mass is 32.2. The van der Waals surface area contributed by atoms with Gasteiger partial charge >= 0.3 is 6.03 Å². The Morgan fingerprint density at radius 3 is 2.70 bits per heavy atom. The number of carbonyl (C=O) groups excluding carboxylic acids is 1. The largest absolute Gasteiger partial charge is 0.495 e. The van der Waals surface area contributed by atoms with Crippen LogP contribution in [0, 0.1) is 0 Å². The summed E-state index contributed by atoms with van der Waals surface area (Å²) >= 11 is 1.75. The van der Waals surface area contributed by atoms with E-state index in [1.807, 2.05) is 83.8 Å². The number of rotatable bonds is 6. The number of amides is 2. The lowest BCUT2D eigenvalue weighted by Gasteiger charge is -2.25. The van der Waals surface area contributed by atoms with E-state index in [-0.39, 0.29) is 11.4 Å². The van der Waals surface area contributed by atoms with Gasteiger partial charge in [0.15, 0.2) is 0 Å². The van der Waals surface area contributed by atoms with Gasteiger partial charge in [0.05, 0.1) is 12.8 Å². The van der Waals surface area contributed by atoms with Gasteiger partial charge in [-0.1, -0.05) is 54.6 Å². The number of hydrogen-bond acceptors (Lipinski definition) is 4.